The number of oxime groups is 1. The zero-order chi connectivity index (χ0) is 15.0. The first-order valence-electron chi connectivity index (χ1n) is 7.32. The predicted molar refractivity (Wildman–Crippen MR) is 77.6 cm³/mol. The molecule has 0 unspecified atom stereocenters. The summed E-state index contributed by atoms with van der Waals surface area (Å²) >= 11 is 0. The van der Waals surface area contributed by atoms with Gasteiger partial charge in [-0.1, -0.05) is 18.0 Å². The Morgan fingerprint density at radius 1 is 1.25 bits per heavy atom. The lowest BCUT2D eigenvalue weighted by molar-refractivity contribution is -0.142. The lowest BCUT2D eigenvalue weighted by Gasteiger charge is -2.47. The van der Waals surface area contributed by atoms with Crippen molar-refractivity contribution >= 4 is 11.7 Å². The summed E-state index contributed by atoms with van der Waals surface area (Å²) in [7, 11) is 2.08. The number of amides is 1. The van der Waals surface area contributed by atoms with E-state index in [4.69, 9.17) is 10.9 Å². The second-order valence-electron chi connectivity index (χ2n) is 6.74. The van der Waals surface area contributed by atoms with E-state index in [1.165, 1.54) is 0 Å². The van der Waals surface area contributed by atoms with Crippen molar-refractivity contribution in [2.45, 2.75) is 45.1 Å². The van der Waals surface area contributed by atoms with Crippen LogP contribution in [0.3, 0.4) is 0 Å². The van der Waals surface area contributed by atoms with Crippen molar-refractivity contribution in [2.24, 2.45) is 16.3 Å². The van der Waals surface area contributed by atoms with Gasteiger partial charge in [0, 0.05) is 25.2 Å². The largest absolute Gasteiger partial charge is 0.409 e. The van der Waals surface area contributed by atoms with Crippen LogP contribution in [0.15, 0.2) is 5.16 Å². The molecule has 0 radical (unpaired) electrons. The Hall–Kier alpha value is -1.30. The van der Waals surface area contributed by atoms with Gasteiger partial charge in [0.2, 0.25) is 5.91 Å². The maximum Gasteiger partial charge on any atom is 0.236 e. The molecule has 0 bridgehead atoms. The normalized spacial score (nSPS) is 26.8. The average molecular weight is 282 g/mol. The van der Waals surface area contributed by atoms with Crippen LogP contribution in [-0.4, -0.2) is 59.0 Å². The van der Waals surface area contributed by atoms with Crippen LogP contribution in [0.4, 0.5) is 0 Å². The molecule has 20 heavy (non-hydrogen) atoms. The van der Waals surface area contributed by atoms with Gasteiger partial charge in [-0.15, -0.1) is 0 Å². The zero-order valence-corrected chi connectivity index (χ0v) is 12.7. The minimum absolute atomic E-state index is 0.0338. The molecule has 3 N–H and O–H groups in total. The molecule has 0 aromatic heterocycles. The Labute approximate surface area is 120 Å². The monoisotopic (exact) mass is 282 g/mol. The maximum atomic E-state index is 13.0. The predicted octanol–water partition coefficient (Wildman–Crippen LogP) is 0.846. The smallest absolute Gasteiger partial charge is 0.236 e. The van der Waals surface area contributed by atoms with Crippen molar-refractivity contribution in [3.05, 3.63) is 0 Å². The van der Waals surface area contributed by atoms with E-state index in [0.717, 1.165) is 19.4 Å². The van der Waals surface area contributed by atoms with Crippen LogP contribution in [-0.2, 0) is 4.79 Å². The Morgan fingerprint density at radius 3 is 2.35 bits per heavy atom. The number of likely N-dealkylation sites (N-methyl/N-ethyl adjacent to an activating group) is 1. The highest BCUT2D eigenvalue weighted by atomic mass is 16.4. The highest BCUT2D eigenvalue weighted by Gasteiger charge is 2.49. The summed E-state index contributed by atoms with van der Waals surface area (Å²) in [5.41, 5.74) is 5.04. The number of nitrogens with zero attached hydrogens (tertiary/aromatic N) is 3. The summed E-state index contributed by atoms with van der Waals surface area (Å²) in [6, 6.07) is 0. The van der Waals surface area contributed by atoms with E-state index in [-0.39, 0.29) is 17.3 Å². The Bertz CT molecular complexity index is 413. The minimum Gasteiger partial charge on any atom is -0.409 e. The zero-order valence-electron chi connectivity index (χ0n) is 12.7. The van der Waals surface area contributed by atoms with E-state index in [2.05, 4.69) is 31.0 Å². The van der Waals surface area contributed by atoms with Crippen LogP contribution in [0.5, 0.6) is 0 Å². The number of carbonyl (C=O) groups excluding carboxylic acids is 1. The summed E-state index contributed by atoms with van der Waals surface area (Å²) in [6.07, 6.45) is 3.29. The topological polar surface area (TPSA) is 82.2 Å². The molecule has 1 aliphatic carbocycles. The highest BCUT2D eigenvalue weighted by Crippen LogP contribution is 2.40. The van der Waals surface area contributed by atoms with Gasteiger partial charge in [-0.25, -0.2) is 0 Å². The average Bonchev–Trinajstić information content (AvgIpc) is 2.90. The molecule has 1 heterocycles. The van der Waals surface area contributed by atoms with Gasteiger partial charge in [-0.05, 0) is 33.7 Å². The van der Waals surface area contributed by atoms with Crippen LogP contribution in [0, 0.1) is 5.41 Å². The van der Waals surface area contributed by atoms with E-state index in [1.54, 1.807) is 0 Å². The lowest BCUT2D eigenvalue weighted by Crippen LogP contribution is -2.62. The fourth-order valence-electron chi connectivity index (χ4n) is 3.37. The fraction of sp³-hybridized carbons (Fsp3) is 0.857. The number of nitrogens with two attached hydrogens (primary N) is 1. The molecule has 1 amide bonds. The number of rotatable bonds is 2. The Morgan fingerprint density at radius 2 is 1.85 bits per heavy atom. The molecule has 2 rings (SSSR count). The van der Waals surface area contributed by atoms with Crippen LogP contribution >= 0.6 is 0 Å². The summed E-state index contributed by atoms with van der Waals surface area (Å²) in [5.74, 6) is 0.114. The van der Waals surface area contributed by atoms with Crippen molar-refractivity contribution in [1.29, 1.82) is 0 Å². The Balaban J connectivity index is 2.21. The van der Waals surface area contributed by atoms with E-state index in [9.17, 15) is 4.79 Å². The van der Waals surface area contributed by atoms with E-state index >= 15 is 0 Å². The van der Waals surface area contributed by atoms with E-state index in [1.807, 2.05) is 4.90 Å². The van der Waals surface area contributed by atoms with Gasteiger partial charge >= 0.3 is 0 Å². The highest BCUT2D eigenvalue weighted by molar-refractivity contribution is 6.07. The van der Waals surface area contributed by atoms with Crippen LogP contribution in [0.25, 0.3) is 0 Å². The minimum atomic E-state index is -0.777. The molecule has 0 aromatic carbocycles. The van der Waals surface area contributed by atoms with Crippen molar-refractivity contribution in [1.82, 2.24) is 9.80 Å². The van der Waals surface area contributed by atoms with Crippen LogP contribution in [0.2, 0.25) is 0 Å². The van der Waals surface area contributed by atoms with Gasteiger partial charge in [-0.2, -0.15) is 0 Å². The molecule has 114 valence electrons. The first-order chi connectivity index (χ1) is 9.33. The summed E-state index contributed by atoms with van der Waals surface area (Å²) < 4.78 is 0. The van der Waals surface area contributed by atoms with Gasteiger partial charge in [-0.3, -0.25) is 9.69 Å². The molecule has 0 spiro atoms. The second-order valence-corrected chi connectivity index (χ2v) is 6.74. The van der Waals surface area contributed by atoms with Crippen molar-refractivity contribution in [2.75, 3.05) is 26.7 Å². The first kappa shape index (κ1) is 15.1. The summed E-state index contributed by atoms with van der Waals surface area (Å²) in [6.45, 7) is 6.52. The molecule has 6 heteroatoms. The molecular weight excluding hydrogens is 256 g/mol. The number of piperazine rings is 1. The molecule has 2 aliphatic rings. The third-order valence-electron chi connectivity index (χ3n) is 5.07. The van der Waals surface area contributed by atoms with Crippen LogP contribution in [0.1, 0.15) is 39.5 Å². The van der Waals surface area contributed by atoms with Gasteiger partial charge in [0.1, 0.15) is 5.41 Å². The molecule has 6 nitrogen and oxygen atoms in total. The molecule has 1 saturated heterocycles. The van der Waals surface area contributed by atoms with E-state index < -0.39 is 5.41 Å². The molecular formula is C14H26N4O2. The Kier molecular flexibility index (Phi) is 3.95. The molecule has 1 aliphatic heterocycles. The van der Waals surface area contributed by atoms with Gasteiger partial charge in [0.05, 0.1) is 0 Å². The number of hydrogen-bond acceptors (Lipinski definition) is 4. The summed E-state index contributed by atoms with van der Waals surface area (Å²) in [5, 5.41) is 12.2. The molecule has 0 atom stereocenters. The molecule has 0 aromatic rings. The van der Waals surface area contributed by atoms with E-state index in [0.29, 0.717) is 25.9 Å². The number of hydrogen-bond donors (Lipinski definition) is 2. The lowest BCUT2D eigenvalue weighted by atomic mass is 9.82. The van der Waals surface area contributed by atoms with Crippen molar-refractivity contribution in [3.63, 3.8) is 0 Å². The van der Waals surface area contributed by atoms with Gasteiger partial charge in [0.15, 0.2) is 5.84 Å². The van der Waals surface area contributed by atoms with Crippen LogP contribution < -0.4 is 5.73 Å². The third-order valence-corrected chi connectivity index (χ3v) is 5.07. The van der Waals surface area contributed by atoms with Gasteiger partial charge < -0.3 is 15.8 Å². The standard InChI is InChI=1S/C14H26N4O2/c1-13(2)10-18(9-8-17(13)3)12(19)14(11(15)16-20)6-4-5-7-14/h20H,4-10H2,1-3H3,(H2,15,16). The first-order valence-corrected chi connectivity index (χ1v) is 7.32. The maximum absolute atomic E-state index is 13.0. The SMILES string of the molecule is CN1CCN(C(=O)C2(C(N)=NO)CCCC2)CC1(C)C. The second kappa shape index (κ2) is 5.24. The van der Waals surface area contributed by atoms with Gasteiger partial charge in [0.25, 0.3) is 0 Å². The number of carbonyl (C=O) groups is 1. The number of amidine groups is 1. The fourth-order valence-corrected chi connectivity index (χ4v) is 3.37. The quantitative estimate of drug-likeness (QED) is 0.340. The third kappa shape index (κ3) is 2.37. The van der Waals surface area contributed by atoms with Crippen molar-refractivity contribution in [3.8, 4) is 0 Å². The summed E-state index contributed by atoms with van der Waals surface area (Å²) in [4.78, 5) is 17.1. The molecule has 2 fully saturated rings. The molecule has 1 saturated carbocycles. The van der Waals surface area contributed by atoms with Crippen molar-refractivity contribution < 1.29 is 10.0 Å².